The lowest BCUT2D eigenvalue weighted by Crippen LogP contribution is -2.68. The van der Waals surface area contributed by atoms with Gasteiger partial charge in [-0.1, -0.05) is 82.2 Å². The normalized spacial score (nSPS) is 32.5. The first kappa shape index (κ1) is 27.0. The molecule has 1 aromatic heterocycles. The Bertz CT molecular complexity index is 1270. The van der Waals surface area contributed by atoms with E-state index in [4.69, 9.17) is 0 Å². The maximum Gasteiger partial charge on any atom is 0.213 e. The number of pyridine rings is 1. The Morgan fingerprint density at radius 1 is 0.757 bits per heavy atom. The molecule has 5 rings (SSSR count). The number of nitrogens with zero attached hydrogens (tertiary/aromatic N) is 1. The Morgan fingerprint density at radius 3 is 1.89 bits per heavy atom. The third-order valence-electron chi connectivity index (χ3n) is 13.8. The van der Waals surface area contributed by atoms with Gasteiger partial charge in [-0.2, -0.15) is 4.57 Å². The van der Waals surface area contributed by atoms with Crippen LogP contribution < -0.4 is 4.57 Å². The Balaban J connectivity index is 1.91. The van der Waals surface area contributed by atoms with Gasteiger partial charge < -0.3 is 0 Å². The molecule has 0 saturated heterocycles. The van der Waals surface area contributed by atoms with Crippen molar-refractivity contribution in [1.82, 2.24) is 0 Å². The van der Waals surface area contributed by atoms with Crippen molar-refractivity contribution >= 4 is 0 Å². The highest BCUT2D eigenvalue weighted by molar-refractivity contribution is 5.71. The molecule has 3 unspecified atom stereocenters. The van der Waals surface area contributed by atoms with Gasteiger partial charge >= 0.3 is 0 Å². The van der Waals surface area contributed by atoms with Crippen LogP contribution in [0.15, 0.2) is 24.4 Å². The summed E-state index contributed by atoms with van der Waals surface area (Å²) >= 11 is 0. The highest BCUT2D eigenvalue weighted by atomic mass is 15.1. The molecule has 1 heteroatoms. The molecule has 2 aromatic rings. The number of fused-ring (bicyclic) bond motifs is 5. The largest absolute Gasteiger partial charge is 0.213 e. The Labute approximate surface area is 228 Å². The Hall–Kier alpha value is -1.63. The first-order valence-electron chi connectivity index (χ1n) is 15.2. The van der Waals surface area contributed by atoms with Gasteiger partial charge in [0.25, 0.3) is 0 Å². The Kier molecular flexibility index (Phi) is 5.63. The van der Waals surface area contributed by atoms with Gasteiger partial charge in [-0.25, -0.2) is 0 Å². The summed E-state index contributed by atoms with van der Waals surface area (Å²) in [4.78, 5) is 0. The van der Waals surface area contributed by atoms with Gasteiger partial charge in [0, 0.05) is 30.4 Å². The van der Waals surface area contributed by atoms with Crippen LogP contribution in [0, 0.1) is 11.3 Å². The molecule has 0 N–H and O–H groups in total. The lowest BCUT2D eigenvalue weighted by molar-refractivity contribution is -0.765. The summed E-state index contributed by atoms with van der Waals surface area (Å²) in [6, 6.07) is 7.95. The highest BCUT2D eigenvalue weighted by Crippen LogP contribution is 2.63. The summed E-state index contributed by atoms with van der Waals surface area (Å²) in [5.74, 6) is 0.639. The zero-order chi connectivity index (χ0) is 27.6. The SMILES string of the molecule is CCC1(C)c2cc3c(cc2-c2cc4c(c[n+]2C1(C)CC)C(C)(C(C)C)CCC4)C(C)(C)C(C)(C)C3(C)C. The number of aromatic nitrogens is 1. The van der Waals surface area contributed by atoms with Gasteiger partial charge in [0.05, 0.1) is 11.0 Å². The molecule has 0 bridgehead atoms. The average molecular weight is 501 g/mol. The smallest absolute Gasteiger partial charge is 0.192 e. The maximum absolute atomic E-state index is 2.76. The second kappa shape index (κ2) is 7.73. The second-order valence-corrected chi connectivity index (χ2v) is 15.5. The fraction of sp³-hybridized carbons (Fsp3) is 0.694. The van der Waals surface area contributed by atoms with E-state index in [0.29, 0.717) is 5.92 Å². The second-order valence-electron chi connectivity index (χ2n) is 15.5. The predicted molar refractivity (Wildman–Crippen MR) is 159 cm³/mol. The molecule has 0 fully saturated rings. The molecule has 3 aliphatic rings. The summed E-state index contributed by atoms with van der Waals surface area (Å²) < 4.78 is 2.76. The van der Waals surface area contributed by atoms with E-state index in [9.17, 15) is 0 Å². The van der Waals surface area contributed by atoms with Crippen molar-refractivity contribution in [3.8, 4) is 11.3 Å². The fourth-order valence-electron chi connectivity index (χ4n) is 8.76. The highest BCUT2D eigenvalue weighted by Gasteiger charge is 2.61. The van der Waals surface area contributed by atoms with E-state index in [1.54, 1.807) is 27.8 Å². The number of aryl methyl sites for hydroxylation is 1. The molecule has 0 saturated carbocycles. The molecular weight excluding hydrogens is 446 g/mol. The van der Waals surface area contributed by atoms with Crippen molar-refractivity contribution in [3.63, 3.8) is 0 Å². The standard InChI is InChI=1S/C36H54N/c1-14-35(12)26-21-28-27(31(5,6)33(9,10)32(28,7)8)20-25(26)30-19-24-17-16-18-34(11,23(3)4)29(24)22-37(30)36(35,13)15-2/h19-23H,14-18H2,1-13H3/q+1. The van der Waals surface area contributed by atoms with Crippen molar-refractivity contribution in [2.45, 2.75) is 149 Å². The van der Waals surface area contributed by atoms with Crippen LogP contribution in [0.25, 0.3) is 11.3 Å². The molecular formula is C36H54N+. The first-order valence-corrected chi connectivity index (χ1v) is 15.2. The predicted octanol–water partition coefficient (Wildman–Crippen LogP) is 9.29. The number of hydrogen-bond donors (Lipinski definition) is 0. The van der Waals surface area contributed by atoms with Crippen LogP contribution in [0.2, 0.25) is 0 Å². The molecule has 37 heavy (non-hydrogen) atoms. The monoisotopic (exact) mass is 500 g/mol. The van der Waals surface area contributed by atoms with Gasteiger partial charge in [0.2, 0.25) is 5.69 Å². The molecule has 2 heterocycles. The molecule has 3 atom stereocenters. The van der Waals surface area contributed by atoms with Crippen LogP contribution in [0.3, 0.4) is 0 Å². The van der Waals surface area contributed by atoms with Crippen LogP contribution in [0.5, 0.6) is 0 Å². The van der Waals surface area contributed by atoms with Crippen LogP contribution in [0.4, 0.5) is 0 Å². The van der Waals surface area contributed by atoms with E-state index in [2.05, 4.69) is 119 Å². The molecule has 1 aromatic carbocycles. The van der Waals surface area contributed by atoms with Crippen LogP contribution in [0.1, 0.15) is 144 Å². The van der Waals surface area contributed by atoms with E-state index in [1.165, 1.54) is 30.5 Å². The van der Waals surface area contributed by atoms with Crippen LogP contribution in [-0.4, -0.2) is 0 Å². The summed E-state index contributed by atoms with van der Waals surface area (Å²) in [6.45, 7) is 32.3. The third kappa shape index (κ3) is 2.96. The maximum atomic E-state index is 2.76. The lowest BCUT2D eigenvalue weighted by atomic mass is 9.59. The van der Waals surface area contributed by atoms with E-state index in [1.807, 2.05) is 0 Å². The van der Waals surface area contributed by atoms with Gasteiger partial charge in [-0.05, 0) is 83.1 Å². The minimum absolute atomic E-state index is 0.0243. The molecule has 0 amide bonds. The van der Waals surface area contributed by atoms with Crippen LogP contribution >= 0.6 is 0 Å². The first-order chi connectivity index (χ1) is 17.0. The van der Waals surface area contributed by atoms with Crippen molar-refractivity contribution in [1.29, 1.82) is 0 Å². The molecule has 0 spiro atoms. The van der Waals surface area contributed by atoms with Gasteiger partial charge in [-0.3, -0.25) is 0 Å². The van der Waals surface area contributed by atoms with Crippen molar-refractivity contribution in [2.24, 2.45) is 11.3 Å². The molecule has 1 nitrogen and oxygen atoms in total. The van der Waals surface area contributed by atoms with Crippen molar-refractivity contribution < 1.29 is 4.57 Å². The minimum atomic E-state index is 0.0243. The Morgan fingerprint density at radius 2 is 1.35 bits per heavy atom. The van der Waals surface area contributed by atoms with Crippen LogP contribution in [-0.2, 0) is 33.6 Å². The van der Waals surface area contributed by atoms with E-state index >= 15 is 0 Å². The zero-order valence-electron chi connectivity index (χ0n) is 26.4. The summed E-state index contributed by atoms with van der Waals surface area (Å²) in [5, 5.41) is 0. The summed E-state index contributed by atoms with van der Waals surface area (Å²) in [5.41, 5.74) is 11.6. The number of hydrogen-bond acceptors (Lipinski definition) is 0. The molecule has 1 aliphatic heterocycles. The van der Waals surface area contributed by atoms with E-state index in [-0.39, 0.29) is 32.6 Å². The topological polar surface area (TPSA) is 3.88 Å². The lowest BCUT2D eigenvalue weighted by Gasteiger charge is -2.48. The minimum Gasteiger partial charge on any atom is -0.192 e. The number of rotatable bonds is 3. The number of benzene rings is 1. The molecule has 0 radical (unpaired) electrons. The quantitative estimate of drug-likeness (QED) is 0.370. The average Bonchev–Trinajstić information content (AvgIpc) is 2.95. The molecule has 202 valence electrons. The fourth-order valence-corrected chi connectivity index (χ4v) is 8.76. The summed E-state index contributed by atoms with van der Waals surface area (Å²) in [7, 11) is 0. The zero-order valence-corrected chi connectivity index (χ0v) is 26.4. The summed E-state index contributed by atoms with van der Waals surface area (Å²) in [6.07, 6.45) is 8.72. The van der Waals surface area contributed by atoms with E-state index < -0.39 is 0 Å². The van der Waals surface area contributed by atoms with Gasteiger partial charge in [-0.15, -0.1) is 0 Å². The van der Waals surface area contributed by atoms with Crippen molar-refractivity contribution in [2.75, 3.05) is 0 Å². The van der Waals surface area contributed by atoms with Gasteiger partial charge in [0.15, 0.2) is 11.7 Å². The van der Waals surface area contributed by atoms with E-state index in [0.717, 1.165) is 12.8 Å². The molecule has 2 aliphatic carbocycles. The third-order valence-corrected chi connectivity index (χ3v) is 13.8. The van der Waals surface area contributed by atoms with Gasteiger partial charge in [0.1, 0.15) is 0 Å². The van der Waals surface area contributed by atoms with Crippen molar-refractivity contribution in [3.05, 3.63) is 52.2 Å².